The summed E-state index contributed by atoms with van der Waals surface area (Å²) in [6.07, 6.45) is 1.22. The van der Waals surface area contributed by atoms with E-state index in [1.165, 1.54) is 18.2 Å². The molecule has 1 heterocycles. The van der Waals surface area contributed by atoms with Gasteiger partial charge in [0.25, 0.3) is 0 Å². The SMILES string of the molecule is Cc1nnc(SCC(=O)O)n1CC1CC1(C)C. The zero-order chi connectivity index (χ0) is 12.6. The van der Waals surface area contributed by atoms with E-state index < -0.39 is 5.97 Å². The molecule has 1 aliphatic rings. The Bertz CT molecular complexity index is 442. The van der Waals surface area contributed by atoms with Crippen molar-refractivity contribution >= 4 is 17.7 Å². The van der Waals surface area contributed by atoms with Crippen molar-refractivity contribution in [3.63, 3.8) is 0 Å². The van der Waals surface area contributed by atoms with Crippen LogP contribution in [0.3, 0.4) is 0 Å². The second-order valence-electron chi connectivity index (χ2n) is 5.21. The summed E-state index contributed by atoms with van der Waals surface area (Å²) in [5.41, 5.74) is 0.408. The minimum atomic E-state index is -0.825. The predicted octanol–water partition coefficient (Wildman–Crippen LogP) is 1.81. The number of thioether (sulfide) groups is 1. The van der Waals surface area contributed by atoms with Gasteiger partial charge in [-0.25, -0.2) is 0 Å². The smallest absolute Gasteiger partial charge is 0.313 e. The highest BCUT2D eigenvalue weighted by atomic mass is 32.2. The molecule has 1 aliphatic carbocycles. The van der Waals surface area contributed by atoms with Gasteiger partial charge in [0.2, 0.25) is 0 Å². The van der Waals surface area contributed by atoms with Crippen LogP contribution in [0.2, 0.25) is 0 Å². The van der Waals surface area contributed by atoms with Gasteiger partial charge in [-0.3, -0.25) is 4.79 Å². The molecule has 94 valence electrons. The first-order valence-electron chi connectivity index (χ1n) is 5.64. The molecule has 2 rings (SSSR count). The van der Waals surface area contributed by atoms with Gasteiger partial charge >= 0.3 is 5.97 Å². The molecule has 1 saturated carbocycles. The van der Waals surface area contributed by atoms with E-state index in [1.807, 2.05) is 11.5 Å². The summed E-state index contributed by atoms with van der Waals surface area (Å²) in [4.78, 5) is 10.6. The van der Waals surface area contributed by atoms with Gasteiger partial charge in [0.15, 0.2) is 5.16 Å². The van der Waals surface area contributed by atoms with E-state index in [4.69, 9.17) is 5.11 Å². The third-order valence-corrected chi connectivity index (χ3v) is 4.30. The van der Waals surface area contributed by atoms with E-state index in [0.717, 1.165) is 12.4 Å². The highest BCUT2D eigenvalue weighted by Crippen LogP contribution is 2.52. The van der Waals surface area contributed by atoms with Crippen LogP contribution in [-0.4, -0.2) is 31.6 Å². The predicted molar refractivity (Wildman–Crippen MR) is 65.0 cm³/mol. The molecule has 6 heteroatoms. The first kappa shape index (κ1) is 12.4. The minimum Gasteiger partial charge on any atom is -0.481 e. The largest absolute Gasteiger partial charge is 0.481 e. The molecule has 1 aromatic rings. The summed E-state index contributed by atoms with van der Waals surface area (Å²) < 4.78 is 2.03. The number of carbonyl (C=O) groups is 1. The van der Waals surface area contributed by atoms with Crippen molar-refractivity contribution in [2.75, 3.05) is 5.75 Å². The average molecular weight is 255 g/mol. The highest BCUT2D eigenvalue weighted by molar-refractivity contribution is 7.99. The van der Waals surface area contributed by atoms with Gasteiger partial charge in [-0.15, -0.1) is 10.2 Å². The maximum atomic E-state index is 10.6. The molecule has 0 radical (unpaired) electrons. The Labute approximate surface area is 105 Å². The maximum Gasteiger partial charge on any atom is 0.313 e. The number of hydrogen-bond donors (Lipinski definition) is 1. The molecule has 0 aromatic carbocycles. The normalized spacial score (nSPS) is 21.5. The van der Waals surface area contributed by atoms with E-state index in [2.05, 4.69) is 24.0 Å². The topological polar surface area (TPSA) is 68.0 Å². The van der Waals surface area contributed by atoms with Crippen LogP contribution in [0.4, 0.5) is 0 Å². The summed E-state index contributed by atoms with van der Waals surface area (Å²) in [6.45, 7) is 7.31. The van der Waals surface area contributed by atoms with Gasteiger partial charge in [0.05, 0.1) is 5.75 Å². The van der Waals surface area contributed by atoms with Crippen molar-refractivity contribution in [2.45, 2.75) is 38.9 Å². The molecule has 1 N–H and O–H groups in total. The zero-order valence-corrected chi connectivity index (χ0v) is 11.1. The molecule has 1 atom stereocenters. The number of rotatable bonds is 5. The monoisotopic (exact) mass is 255 g/mol. The summed E-state index contributed by atoms with van der Waals surface area (Å²) in [7, 11) is 0. The van der Waals surface area contributed by atoms with Crippen LogP contribution in [-0.2, 0) is 11.3 Å². The van der Waals surface area contributed by atoms with E-state index in [0.29, 0.717) is 16.5 Å². The summed E-state index contributed by atoms with van der Waals surface area (Å²) in [6, 6.07) is 0. The number of nitrogens with zero attached hydrogens (tertiary/aromatic N) is 3. The summed E-state index contributed by atoms with van der Waals surface area (Å²) in [5, 5.41) is 17.4. The van der Waals surface area contributed by atoms with Crippen molar-refractivity contribution in [3.8, 4) is 0 Å². The van der Waals surface area contributed by atoms with Crippen molar-refractivity contribution < 1.29 is 9.90 Å². The maximum absolute atomic E-state index is 10.6. The molecule has 5 nitrogen and oxygen atoms in total. The fourth-order valence-corrected chi connectivity index (χ4v) is 2.63. The Kier molecular flexibility index (Phi) is 3.16. The van der Waals surface area contributed by atoms with Gasteiger partial charge in [-0.1, -0.05) is 25.6 Å². The van der Waals surface area contributed by atoms with Crippen molar-refractivity contribution in [1.82, 2.24) is 14.8 Å². The van der Waals surface area contributed by atoms with Gasteiger partial charge in [-0.2, -0.15) is 0 Å². The minimum absolute atomic E-state index is 0.0339. The fraction of sp³-hybridized carbons (Fsp3) is 0.727. The lowest BCUT2D eigenvalue weighted by atomic mass is 10.1. The third kappa shape index (κ3) is 2.80. The van der Waals surface area contributed by atoms with Crippen LogP contribution in [0, 0.1) is 18.3 Å². The molecule has 1 unspecified atom stereocenters. The van der Waals surface area contributed by atoms with Crippen molar-refractivity contribution in [1.29, 1.82) is 0 Å². The number of hydrogen-bond acceptors (Lipinski definition) is 4. The Morgan fingerprint density at radius 1 is 1.59 bits per heavy atom. The van der Waals surface area contributed by atoms with E-state index in [9.17, 15) is 4.79 Å². The number of aromatic nitrogens is 3. The lowest BCUT2D eigenvalue weighted by molar-refractivity contribution is -0.133. The van der Waals surface area contributed by atoms with Crippen LogP contribution >= 0.6 is 11.8 Å². The van der Waals surface area contributed by atoms with E-state index in [-0.39, 0.29) is 5.75 Å². The zero-order valence-electron chi connectivity index (χ0n) is 10.3. The fourth-order valence-electron chi connectivity index (χ4n) is 1.91. The Hall–Kier alpha value is -1.04. The summed E-state index contributed by atoms with van der Waals surface area (Å²) in [5.74, 6) is 0.725. The Balaban J connectivity index is 2.05. The number of aliphatic carboxylic acids is 1. The van der Waals surface area contributed by atoms with Gasteiger partial charge in [-0.05, 0) is 24.7 Å². The molecule has 17 heavy (non-hydrogen) atoms. The van der Waals surface area contributed by atoms with Gasteiger partial charge in [0, 0.05) is 6.54 Å². The van der Waals surface area contributed by atoms with Crippen LogP contribution in [0.1, 0.15) is 26.1 Å². The lowest BCUT2D eigenvalue weighted by Gasteiger charge is -2.08. The van der Waals surface area contributed by atoms with Crippen LogP contribution < -0.4 is 0 Å². The standard InChI is InChI=1S/C11H17N3O2S/c1-7-12-13-10(17-6-9(15)16)14(7)5-8-4-11(8,2)3/h8H,4-6H2,1-3H3,(H,15,16). The molecule has 0 saturated heterocycles. The molecule has 0 aliphatic heterocycles. The second kappa shape index (κ2) is 4.33. The van der Waals surface area contributed by atoms with Crippen LogP contribution in [0.5, 0.6) is 0 Å². The van der Waals surface area contributed by atoms with Gasteiger partial charge in [0.1, 0.15) is 5.82 Å². The lowest BCUT2D eigenvalue weighted by Crippen LogP contribution is -2.08. The van der Waals surface area contributed by atoms with E-state index >= 15 is 0 Å². The Morgan fingerprint density at radius 2 is 2.24 bits per heavy atom. The Morgan fingerprint density at radius 3 is 2.76 bits per heavy atom. The number of aryl methyl sites for hydroxylation is 1. The molecule has 0 amide bonds. The number of carboxylic acid groups (broad SMARTS) is 1. The van der Waals surface area contributed by atoms with Crippen LogP contribution in [0.15, 0.2) is 5.16 Å². The first-order valence-corrected chi connectivity index (χ1v) is 6.63. The molecule has 0 spiro atoms. The average Bonchev–Trinajstić information content (AvgIpc) is 2.66. The van der Waals surface area contributed by atoms with Crippen molar-refractivity contribution in [2.24, 2.45) is 11.3 Å². The molecule has 1 aromatic heterocycles. The number of carboxylic acids is 1. The molecule has 1 fully saturated rings. The van der Waals surface area contributed by atoms with Gasteiger partial charge < -0.3 is 9.67 Å². The highest BCUT2D eigenvalue weighted by Gasteiger charge is 2.45. The molecular formula is C11H17N3O2S. The third-order valence-electron chi connectivity index (χ3n) is 3.35. The quantitative estimate of drug-likeness (QED) is 0.813. The summed E-state index contributed by atoms with van der Waals surface area (Å²) >= 11 is 1.24. The first-order chi connectivity index (χ1) is 7.90. The molecule has 0 bridgehead atoms. The molecular weight excluding hydrogens is 238 g/mol. The van der Waals surface area contributed by atoms with Crippen molar-refractivity contribution in [3.05, 3.63) is 5.82 Å². The second-order valence-corrected chi connectivity index (χ2v) is 6.15. The van der Waals surface area contributed by atoms with E-state index in [1.54, 1.807) is 0 Å². The van der Waals surface area contributed by atoms with Crippen LogP contribution in [0.25, 0.3) is 0 Å².